The van der Waals surface area contributed by atoms with Crippen LogP contribution in [-0.4, -0.2) is 72.3 Å². The molecule has 33 heavy (non-hydrogen) atoms. The summed E-state index contributed by atoms with van der Waals surface area (Å²) in [4.78, 5) is 2.08. The van der Waals surface area contributed by atoms with Crippen LogP contribution < -0.4 is 10.1 Å². The summed E-state index contributed by atoms with van der Waals surface area (Å²) >= 11 is 0. The molecule has 9 heteroatoms. The Kier molecular flexibility index (Phi) is 7.58. The second-order valence-electron chi connectivity index (χ2n) is 9.15. The van der Waals surface area contributed by atoms with E-state index in [2.05, 4.69) is 5.32 Å². The summed E-state index contributed by atoms with van der Waals surface area (Å²) in [6.45, 7) is 6.15. The third kappa shape index (κ3) is 5.59. The Balaban J connectivity index is 1.92. The molecule has 0 bridgehead atoms. The molecule has 7 nitrogen and oxygen atoms in total. The van der Waals surface area contributed by atoms with Crippen molar-refractivity contribution in [3.63, 3.8) is 0 Å². The fourth-order valence-electron chi connectivity index (χ4n) is 4.27. The van der Waals surface area contributed by atoms with Gasteiger partial charge in [0.25, 0.3) is 0 Å². The van der Waals surface area contributed by atoms with Crippen molar-refractivity contribution in [2.24, 2.45) is 0 Å². The highest BCUT2D eigenvalue weighted by Crippen LogP contribution is 2.34. The molecule has 0 amide bonds. The fourth-order valence-corrected chi connectivity index (χ4v) is 9.21. The zero-order valence-electron chi connectivity index (χ0n) is 20.1. The molecule has 0 aromatic heterocycles. The lowest BCUT2D eigenvalue weighted by atomic mass is 10.0. The van der Waals surface area contributed by atoms with Crippen LogP contribution in [0.15, 0.2) is 41.3 Å². The lowest BCUT2D eigenvalue weighted by molar-refractivity contribution is 0.282. The molecular formula is C24H34N2O5S2. The molecule has 3 rings (SSSR count). The number of sulfone groups is 2. The topological polar surface area (TPSA) is 92.8 Å². The monoisotopic (exact) mass is 494 g/mol. The van der Waals surface area contributed by atoms with Crippen LogP contribution in [0, 0.1) is 20.8 Å². The minimum Gasteiger partial charge on any atom is -0.495 e. The molecule has 1 aliphatic rings. The first-order valence-electron chi connectivity index (χ1n) is 10.9. The molecule has 1 heterocycles. The first-order chi connectivity index (χ1) is 15.4. The smallest absolute Gasteiger partial charge is 0.187 e. The second kappa shape index (κ2) is 9.74. The van der Waals surface area contributed by atoms with Gasteiger partial charge in [-0.25, -0.2) is 16.8 Å². The molecule has 2 aromatic carbocycles. The molecule has 0 spiro atoms. The van der Waals surface area contributed by atoms with Crippen LogP contribution in [0.25, 0.3) is 0 Å². The van der Waals surface area contributed by atoms with Crippen LogP contribution >= 0.6 is 0 Å². The number of hydrogen-bond donors (Lipinski definition) is 1. The van der Waals surface area contributed by atoms with Crippen molar-refractivity contribution in [1.82, 2.24) is 10.2 Å². The fraction of sp³-hybridized carbons (Fsp3) is 0.500. The molecule has 1 N–H and O–H groups in total. The third-order valence-corrected chi connectivity index (χ3v) is 10.6. The average molecular weight is 495 g/mol. The first kappa shape index (κ1) is 25.7. The van der Waals surface area contributed by atoms with Crippen LogP contribution in [-0.2, 0) is 19.7 Å². The van der Waals surface area contributed by atoms with Gasteiger partial charge in [-0.3, -0.25) is 0 Å². The van der Waals surface area contributed by atoms with Crippen LogP contribution in [0.4, 0.5) is 0 Å². The lowest BCUT2D eigenvalue weighted by Gasteiger charge is -2.28. The van der Waals surface area contributed by atoms with Gasteiger partial charge in [-0.2, -0.15) is 0 Å². The second-order valence-corrected chi connectivity index (χ2v) is 13.4. The molecule has 1 saturated heterocycles. The van der Waals surface area contributed by atoms with Gasteiger partial charge in [0.2, 0.25) is 0 Å². The van der Waals surface area contributed by atoms with Crippen molar-refractivity contribution in [1.29, 1.82) is 0 Å². The summed E-state index contributed by atoms with van der Waals surface area (Å²) in [6, 6.07) is 10.7. The lowest BCUT2D eigenvalue weighted by Crippen LogP contribution is -2.46. The SMILES string of the molecule is COc1cc(C)c(C)cc1S(=O)(=O)[C@H]1CS(=O)(=O)C[C@@H]1NCC(c1ccc(C)cc1)N(C)C. The van der Waals surface area contributed by atoms with Gasteiger partial charge in [0.05, 0.1) is 23.9 Å². The van der Waals surface area contributed by atoms with E-state index in [1.54, 1.807) is 12.1 Å². The predicted octanol–water partition coefficient (Wildman–Crippen LogP) is 2.45. The average Bonchev–Trinajstić information content (AvgIpc) is 3.06. The highest BCUT2D eigenvalue weighted by molar-refractivity contribution is 7.96. The number of nitrogens with one attached hydrogen (secondary N) is 1. The number of rotatable bonds is 8. The van der Waals surface area contributed by atoms with Gasteiger partial charge in [0.1, 0.15) is 10.6 Å². The predicted molar refractivity (Wildman–Crippen MR) is 131 cm³/mol. The molecule has 1 aliphatic heterocycles. The molecule has 182 valence electrons. The largest absolute Gasteiger partial charge is 0.495 e. The van der Waals surface area contributed by atoms with Gasteiger partial charge in [0.15, 0.2) is 19.7 Å². The Hall–Kier alpha value is -1.94. The van der Waals surface area contributed by atoms with Gasteiger partial charge < -0.3 is 15.0 Å². The molecule has 2 aromatic rings. The van der Waals surface area contributed by atoms with Crippen LogP contribution in [0.5, 0.6) is 5.75 Å². The molecule has 0 aliphatic carbocycles. The van der Waals surface area contributed by atoms with Gasteiger partial charge in [-0.05, 0) is 63.7 Å². The number of ether oxygens (including phenoxy) is 1. The van der Waals surface area contributed by atoms with E-state index >= 15 is 0 Å². The summed E-state index contributed by atoms with van der Waals surface area (Å²) in [6.07, 6.45) is 0. The summed E-state index contributed by atoms with van der Waals surface area (Å²) in [5.41, 5.74) is 3.95. The van der Waals surface area contributed by atoms with Crippen molar-refractivity contribution in [3.8, 4) is 5.75 Å². The Morgan fingerprint density at radius 2 is 1.67 bits per heavy atom. The summed E-state index contributed by atoms with van der Waals surface area (Å²) < 4.78 is 57.8. The van der Waals surface area contributed by atoms with Gasteiger partial charge in [-0.15, -0.1) is 0 Å². The van der Waals surface area contributed by atoms with E-state index in [9.17, 15) is 16.8 Å². The van der Waals surface area contributed by atoms with Crippen molar-refractivity contribution in [2.45, 2.75) is 43.0 Å². The van der Waals surface area contributed by atoms with E-state index in [1.165, 1.54) is 7.11 Å². The normalized spacial score (nSPS) is 21.3. The van der Waals surface area contributed by atoms with E-state index in [0.29, 0.717) is 6.54 Å². The maximum atomic E-state index is 13.7. The number of hydrogen-bond acceptors (Lipinski definition) is 7. The van der Waals surface area contributed by atoms with Crippen molar-refractivity contribution in [3.05, 3.63) is 58.7 Å². The summed E-state index contributed by atoms with van der Waals surface area (Å²) in [5.74, 6) is -0.370. The summed E-state index contributed by atoms with van der Waals surface area (Å²) in [5, 5.41) is 2.20. The Bertz CT molecular complexity index is 1210. The van der Waals surface area contributed by atoms with Crippen LogP contribution in [0.2, 0.25) is 0 Å². The van der Waals surface area contributed by atoms with Gasteiger partial charge in [-0.1, -0.05) is 29.8 Å². The van der Waals surface area contributed by atoms with Crippen molar-refractivity contribution < 1.29 is 21.6 Å². The molecule has 1 unspecified atom stereocenters. The standard InChI is InChI=1S/C24H34N2O5S2/c1-16-7-9-19(10-8-16)21(26(4)5)13-25-20-14-32(27,28)15-24(20)33(29,30)23-12-18(3)17(2)11-22(23)31-6/h7-12,20-21,24-25H,13-15H2,1-6H3/t20-,21?,24-/m0/s1. The quantitative estimate of drug-likeness (QED) is 0.603. The number of likely N-dealkylation sites (N-methyl/N-ethyl adjacent to an activating group) is 1. The zero-order chi connectivity index (χ0) is 24.6. The van der Waals surface area contributed by atoms with E-state index in [4.69, 9.17) is 4.74 Å². The Morgan fingerprint density at radius 1 is 1.06 bits per heavy atom. The van der Waals surface area contributed by atoms with E-state index in [1.807, 2.05) is 64.0 Å². The Labute approximate surface area is 198 Å². The van der Waals surface area contributed by atoms with Crippen molar-refractivity contribution >= 4 is 19.7 Å². The Morgan fingerprint density at radius 3 is 2.24 bits per heavy atom. The highest BCUT2D eigenvalue weighted by Gasteiger charge is 2.46. The molecule has 3 atom stereocenters. The molecule has 0 saturated carbocycles. The van der Waals surface area contributed by atoms with E-state index < -0.39 is 36.7 Å². The van der Waals surface area contributed by atoms with E-state index in [0.717, 1.165) is 22.3 Å². The molecule has 1 fully saturated rings. The number of methoxy groups -OCH3 is 1. The zero-order valence-corrected chi connectivity index (χ0v) is 21.8. The summed E-state index contributed by atoms with van der Waals surface area (Å²) in [7, 11) is -2.14. The first-order valence-corrected chi connectivity index (χ1v) is 14.3. The number of benzene rings is 2. The minimum atomic E-state index is -3.96. The maximum Gasteiger partial charge on any atom is 0.187 e. The van der Waals surface area contributed by atoms with Crippen LogP contribution in [0.1, 0.15) is 28.3 Å². The molecular weight excluding hydrogens is 460 g/mol. The van der Waals surface area contributed by atoms with E-state index in [-0.39, 0.29) is 22.4 Å². The third-order valence-electron chi connectivity index (χ3n) is 6.44. The number of nitrogens with zero attached hydrogens (tertiary/aromatic N) is 1. The van der Waals surface area contributed by atoms with Crippen molar-refractivity contribution in [2.75, 3.05) is 39.3 Å². The van der Waals surface area contributed by atoms with Gasteiger partial charge >= 0.3 is 0 Å². The number of aryl methyl sites for hydroxylation is 3. The van der Waals surface area contributed by atoms with Crippen LogP contribution in [0.3, 0.4) is 0 Å². The minimum absolute atomic E-state index is 0.0339. The molecule has 0 radical (unpaired) electrons. The van der Waals surface area contributed by atoms with Gasteiger partial charge in [0, 0.05) is 18.6 Å². The highest BCUT2D eigenvalue weighted by atomic mass is 32.2. The maximum absolute atomic E-state index is 13.7.